The highest BCUT2D eigenvalue weighted by Crippen LogP contribution is 2.22. The van der Waals surface area contributed by atoms with E-state index >= 15 is 0 Å². The molecule has 2 rings (SSSR count). The minimum absolute atomic E-state index is 0.0636. The van der Waals surface area contributed by atoms with Crippen LogP contribution in [-0.2, 0) is 4.79 Å². The van der Waals surface area contributed by atoms with E-state index in [4.69, 9.17) is 0 Å². The first-order valence-electron chi connectivity index (χ1n) is 6.12. The van der Waals surface area contributed by atoms with Gasteiger partial charge in [0.1, 0.15) is 0 Å². The first kappa shape index (κ1) is 12.5. The van der Waals surface area contributed by atoms with Crippen molar-refractivity contribution in [3.8, 4) is 0 Å². The number of ketones is 1. The third kappa shape index (κ3) is 2.18. The molecule has 0 N–H and O–H groups in total. The van der Waals surface area contributed by atoms with Crippen LogP contribution in [-0.4, -0.2) is 29.0 Å². The van der Waals surface area contributed by atoms with Gasteiger partial charge in [0.15, 0.2) is 5.78 Å². The predicted octanol–water partition coefficient (Wildman–Crippen LogP) is 2.04. The molecular weight excluding hydrogens is 230 g/mol. The summed E-state index contributed by atoms with van der Waals surface area (Å²) in [7, 11) is 0. The van der Waals surface area contributed by atoms with Crippen molar-refractivity contribution in [1.82, 2.24) is 4.90 Å². The van der Waals surface area contributed by atoms with Gasteiger partial charge >= 0.3 is 0 Å². The maximum absolute atomic E-state index is 12.0. The summed E-state index contributed by atoms with van der Waals surface area (Å²) in [6, 6.07) is 6.66. The fourth-order valence-electron chi connectivity index (χ4n) is 2.01. The molecule has 0 saturated heterocycles. The molecule has 0 aliphatic carbocycles. The molecule has 2 amide bonds. The SMILES string of the molecule is CCCCC(=O)CN1C(=O)c2ccccc2C1=O. The van der Waals surface area contributed by atoms with Crippen LogP contribution < -0.4 is 0 Å². The fourth-order valence-corrected chi connectivity index (χ4v) is 2.01. The number of unbranched alkanes of at least 4 members (excludes halogenated alkanes) is 1. The molecule has 1 aliphatic rings. The van der Waals surface area contributed by atoms with Crippen LogP contribution >= 0.6 is 0 Å². The predicted molar refractivity (Wildman–Crippen MR) is 66.3 cm³/mol. The summed E-state index contributed by atoms with van der Waals surface area (Å²) in [6.07, 6.45) is 2.14. The number of carbonyl (C=O) groups excluding carboxylic acids is 3. The average molecular weight is 245 g/mol. The molecule has 18 heavy (non-hydrogen) atoms. The molecule has 0 fully saturated rings. The van der Waals surface area contributed by atoms with Crippen LogP contribution in [0.15, 0.2) is 24.3 Å². The zero-order chi connectivity index (χ0) is 13.1. The van der Waals surface area contributed by atoms with E-state index in [9.17, 15) is 14.4 Å². The number of benzene rings is 1. The Hall–Kier alpha value is -1.97. The lowest BCUT2D eigenvalue weighted by molar-refractivity contribution is -0.119. The molecule has 0 spiro atoms. The van der Waals surface area contributed by atoms with Crippen LogP contribution in [0.2, 0.25) is 0 Å². The monoisotopic (exact) mass is 245 g/mol. The van der Waals surface area contributed by atoms with Crippen LogP contribution in [0.4, 0.5) is 0 Å². The molecule has 1 heterocycles. The van der Waals surface area contributed by atoms with Gasteiger partial charge in [-0.1, -0.05) is 25.5 Å². The lowest BCUT2D eigenvalue weighted by Crippen LogP contribution is -2.34. The number of imide groups is 1. The van der Waals surface area contributed by atoms with Crippen molar-refractivity contribution in [3.63, 3.8) is 0 Å². The van der Waals surface area contributed by atoms with E-state index in [1.807, 2.05) is 6.92 Å². The third-order valence-electron chi connectivity index (χ3n) is 3.02. The summed E-state index contributed by atoms with van der Waals surface area (Å²) in [5.41, 5.74) is 0.789. The van der Waals surface area contributed by atoms with Crippen molar-refractivity contribution >= 4 is 17.6 Å². The fraction of sp³-hybridized carbons (Fsp3) is 0.357. The minimum atomic E-state index is -0.361. The molecule has 0 aromatic heterocycles. The molecule has 0 saturated carbocycles. The molecular formula is C14H15NO3. The van der Waals surface area contributed by atoms with Crippen molar-refractivity contribution in [2.24, 2.45) is 0 Å². The Bertz CT molecular complexity index is 473. The minimum Gasteiger partial charge on any atom is -0.298 e. The van der Waals surface area contributed by atoms with Gasteiger partial charge in [-0.15, -0.1) is 0 Å². The number of nitrogens with zero attached hydrogens (tertiary/aromatic N) is 1. The van der Waals surface area contributed by atoms with Gasteiger partial charge in [0.25, 0.3) is 11.8 Å². The van der Waals surface area contributed by atoms with E-state index in [2.05, 4.69) is 0 Å². The molecule has 1 aliphatic heterocycles. The third-order valence-corrected chi connectivity index (χ3v) is 3.02. The van der Waals surface area contributed by atoms with Crippen LogP contribution in [0.3, 0.4) is 0 Å². The Labute approximate surface area is 106 Å². The van der Waals surface area contributed by atoms with Gasteiger partial charge in [-0.3, -0.25) is 19.3 Å². The summed E-state index contributed by atoms with van der Waals surface area (Å²) in [6.45, 7) is 1.89. The summed E-state index contributed by atoms with van der Waals surface area (Å²) in [5, 5.41) is 0. The van der Waals surface area contributed by atoms with Gasteiger partial charge in [0.2, 0.25) is 0 Å². The van der Waals surface area contributed by atoms with Crippen molar-refractivity contribution in [1.29, 1.82) is 0 Å². The number of carbonyl (C=O) groups is 3. The van der Waals surface area contributed by atoms with Gasteiger partial charge < -0.3 is 0 Å². The van der Waals surface area contributed by atoms with Gasteiger partial charge in [-0.2, -0.15) is 0 Å². The standard InChI is InChI=1S/C14H15NO3/c1-2-3-6-10(16)9-15-13(17)11-7-4-5-8-12(11)14(15)18/h4-5,7-8H,2-3,6,9H2,1H3. The van der Waals surface area contributed by atoms with Gasteiger partial charge in [-0.05, 0) is 18.6 Å². The van der Waals surface area contributed by atoms with Crippen LogP contribution in [0.25, 0.3) is 0 Å². The summed E-state index contributed by atoms with van der Waals surface area (Å²) < 4.78 is 0. The Balaban J connectivity index is 2.11. The van der Waals surface area contributed by atoms with Crippen molar-refractivity contribution in [3.05, 3.63) is 35.4 Å². The number of fused-ring (bicyclic) bond motifs is 1. The Morgan fingerprint density at radius 2 is 1.67 bits per heavy atom. The zero-order valence-electron chi connectivity index (χ0n) is 10.3. The van der Waals surface area contributed by atoms with E-state index in [-0.39, 0.29) is 24.1 Å². The molecule has 0 unspecified atom stereocenters. The molecule has 1 aromatic rings. The van der Waals surface area contributed by atoms with Crippen LogP contribution in [0.1, 0.15) is 46.9 Å². The molecule has 4 nitrogen and oxygen atoms in total. The molecule has 0 bridgehead atoms. The summed E-state index contributed by atoms with van der Waals surface area (Å²) in [5.74, 6) is -0.785. The highest BCUT2D eigenvalue weighted by Gasteiger charge is 2.35. The second-order valence-corrected chi connectivity index (χ2v) is 4.38. The Morgan fingerprint density at radius 3 is 2.17 bits per heavy atom. The van der Waals surface area contributed by atoms with Gasteiger partial charge in [-0.25, -0.2) is 0 Å². The van der Waals surface area contributed by atoms with Crippen LogP contribution in [0, 0.1) is 0 Å². The maximum Gasteiger partial charge on any atom is 0.261 e. The highest BCUT2D eigenvalue weighted by molar-refractivity contribution is 6.22. The lowest BCUT2D eigenvalue weighted by atomic mass is 10.1. The first-order chi connectivity index (χ1) is 8.65. The number of rotatable bonds is 5. The Morgan fingerprint density at radius 1 is 1.11 bits per heavy atom. The van der Waals surface area contributed by atoms with E-state index in [1.165, 1.54) is 0 Å². The summed E-state index contributed by atoms with van der Waals surface area (Å²) in [4.78, 5) is 36.6. The largest absolute Gasteiger partial charge is 0.298 e. The Kier molecular flexibility index (Phi) is 3.55. The molecule has 0 radical (unpaired) electrons. The molecule has 0 atom stereocenters. The lowest BCUT2D eigenvalue weighted by Gasteiger charge is -2.12. The molecule has 4 heteroatoms. The average Bonchev–Trinajstić information content (AvgIpc) is 2.62. The van der Waals surface area contributed by atoms with Crippen LogP contribution in [0.5, 0.6) is 0 Å². The number of hydrogen-bond acceptors (Lipinski definition) is 3. The maximum atomic E-state index is 12.0. The molecule has 1 aromatic carbocycles. The van der Waals surface area contributed by atoms with E-state index in [1.54, 1.807) is 24.3 Å². The first-order valence-corrected chi connectivity index (χ1v) is 6.12. The second-order valence-electron chi connectivity index (χ2n) is 4.38. The van der Waals surface area contributed by atoms with Gasteiger partial charge in [0.05, 0.1) is 17.7 Å². The highest BCUT2D eigenvalue weighted by atomic mass is 16.2. The smallest absolute Gasteiger partial charge is 0.261 e. The van der Waals surface area contributed by atoms with E-state index in [0.29, 0.717) is 17.5 Å². The van der Waals surface area contributed by atoms with Gasteiger partial charge in [0, 0.05) is 6.42 Å². The quantitative estimate of drug-likeness (QED) is 0.746. The normalized spacial score (nSPS) is 13.9. The number of hydrogen-bond donors (Lipinski definition) is 0. The topological polar surface area (TPSA) is 54.5 Å². The van der Waals surface area contributed by atoms with E-state index in [0.717, 1.165) is 17.7 Å². The number of Topliss-reactive ketones (excluding diaryl/α,β-unsaturated/α-hetero) is 1. The second kappa shape index (κ2) is 5.12. The summed E-state index contributed by atoms with van der Waals surface area (Å²) >= 11 is 0. The van der Waals surface area contributed by atoms with Crippen molar-refractivity contribution in [2.75, 3.05) is 6.54 Å². The molecule has 94 valence electrons. The van der Waals surface area contributed by atoms with E-state index < -0.39 is 0 Å². The zero-order valence-corrected chi connectivity index (χ0v) is 10.3. The van der Waals surface area contributed by atoms with Crippen molar-refractivity contribution < 1.29 is 14.4 Å². The van der Waals surface area contributed by atoms with Crippen molar-refractivity contribution in [2.45, 2.75) is 26.2 Å². The number of amides is 2.